The van der Waals surface area contributed by atoms with Gasteiger partial charge in [0.2, 0.25) is 0 Å². The first-order valence-corrected chi connectivity index (χ1v) is 36.1. The van der Waals surface area contributed by atoms with Gasteiger partial charge in [0.1, 0.15) is 11.2 Å². The van der Waals surface area contributed by atoms with Crippen molar-refractivity contribution in [3.05, 3.63) is 81.0 Å². The summed E-state index contributed by atoms with van der Waals surface area (Å²) in [7, 11) is 0. The molecule has 7 saturated carbocycles. The van der Waals surface area contributed by atoms with Gasteiger partial charge < -0.3 is 25.2 Å². The lowest BCUT2D eigenvalue weighted by Gasteiger charge is -2.73. The molecule has 3 N–H and O–H groups in total. The molecule has 19 rings (SSSR count). The third kappa shape index (κ3) is 6.21. The van der Waals surface area contributed by atoms with Gasteiger partial charge >= 0.3 is 11.9 Å². The minimum Gasteiger partial charge on any atom is -0.508 e. The first-order chi connectivity index (χ1) is 40.7. The van der Waals surface area contributed by atoms with Crippen LogP contribution < -0.4 is 5.73 Å². The average molecular weight is 1120 g/mol. The molecular formula is C75H99N3O5. The molecule has 8 heteroatoms. The molecule has 7 bridgehead atoms. The van der Waals surface area contributed by atoms with Crippen LogP contribution in [-0.2, 0) is 26.3 Å². The molecule has 0 amide bonds. The lowest BCUT2D eigenvalue weighted by atomic mass is 9.27. The fraction of sp³-hybridized carbons (Fsp3) is 0.787. The van der Waals surface area contributed by atoms with E-state index in [1.165, 1.54) is 185 Å². The number of rotatable bonds is 6. The van der Waals surface area contributed by atoms with E-state index >= 15 is 9.59 Å². The van der Waals surface area contributed by atoms with Crippen molar-refractivity contribution in [1.29, 1.82) is 0 Å². The summed E-state index contributed by atoms with van der Waals surface area (Å²) in [6, 6.07) is 7.88. The van der Waals surface area contributed by atoms with Gasteiger partial charge in [-0.1, -0.05) is 125 Å². The predicted octanol–water partition coefficient (Wildman–Crippen LogP) is 15.5. The first-order valence-electron chi connectivity index (χ1n) is 36.1. The van der Waals surface area contributed by atoms with Crippen molar-refractivity contribution < 1.29 is 24.2 Å². The molecule has 4 saturated heterocycles. The van der Waals surface area contributed by atoms with Crippen molar-refractivity contribution in [3.63, 3.8) is 0 Å². The molecule has 0 radical (unpaired) electrons. The Hall–Kier alpha value is -3.36. The summed E-state index contributed by atoms with van der Waals surface area (Å²) in [5.41, 5.74) is 13.7. The van der Waals surface area contributed by atoms with Crippen LogP contribution in [0.1, 0.15) is 240 Å². The van der Waals surface area contributed by atoms with Crippen LogP contribution in [0.2, 0.25) is 0 Å². The highest BCUT2D eigenvalue weighted by Gasteiger charge is 2.94. The molecule has 18 aliphatic rings. The number of hydrogen-bond acceptors (Lipinski definition) is 8. The van der Waals surface area contributed by atoms with Gasteiger partial charge in [0, 0.05) is 60.2 Å². The fourth-order valence-corrected chi connectivity index (χ4v) is 29.0. The summed E-state index contributed by atoms with van der Waals surface area (Å²) in [6.45, 7) is 2.90. The number of carbonyl (C=O) groups is 2. The Balaban J connectivity index is 0.879. The molecule has 0 aromatic heterocycles. The number of aryl methyl sites for hydroxylation is 1. The number of aliphatic hydroxyl groups excluding tert-OH is 1. The van der Waals surface area contributed by atoms with Crippen molar-refractivity contribution in [2.75, 3.05) is 19.6 Å². The average Bonchev–Trinajstić information content (AvgIpc) is 1.53. The van der Waals surface area contributed by atoms with Crippen LogP contribution in [0, 0.1) is 98.1 Å². The minimum atomic E-state index is -1.14. The second-order valence-corrected chi connectivity index (χ2v) is 33.1. The number of piperidine rings is 3. The first kappa shape index (κ1) is 51.7. The predicted molar refractivity (Wildman–Crippen MR) is 321 cm³/mol. The number of nitrogens with two attached hydrogens (primary N) is 1. The van der Waals surface area contributed by atoms with Crippen LogP contribution >= 0.6 is 0 Å². The van der Waals surface area contributed by atoms with Crippen LogP contribution in [0.5, 0.6) is 0 Å². The van der Waals surface area contributed by atoms with Gasteiger partial charge in [0.05, 0.1) is 11.0 Å². The maximum absolute atomic E-state index is 17.2. The number of aliphatic hydroxyl groups is 1. The summed E-state index contributed by atoms with van der Waals surface area (Å²) in [4.78, 5) is 39.2. The molecule has 7 aliphatic heterocycles. The Morgan fingerprint density at radius 3 is 2.27 bits per heavy atom. The molecule has 11 aliphatic carbocycles. The van der Waals surface area contributed by atoms with Gasteiger partial charge in [-0.15, -0.1) is 0 Å². The summed E-state index contributed by atoms with van der Waals surface area (Å²) in [5, 5.41) is 14.7. The molecule has 17 unspecified atom stereocenters. The number of carbonyl (C=O) groups excluding carboxylic acids is 2. The zero-order chi connectivity index (χ0) is 55.0. The van der Waals surface area contributed by atoms with Crippen molar-refractivity contribution in [3.8, 4) is 0 Å². The summed E-state index contributed by atoms with van der Waals surface area (Å²) >= 11 is 0. The van der Waals surface area contributed by atoms with E-state index in [4.69, 9.17) is 15.2 Å². The second-order valence-electron chi connectivity index (χ2n) is 33.1. The van der Waals surface area contributed by atoms with Gasteiger partial charge in [-0.05, 0) is 228 Å². The molecule has 11 fully saturated rings. The summed E-state index contributed by atoms with van der Waals surface area (Å²) in [5.74, 6) is 5.21. The molecule has 8 nitrogen and oxygen atoms in total. The van der Waals surface area contributed by atoms with Crippen LogP contribution in [-0.4, -0.2) is 64.6 Å². The van der Waals surface area contributed by atoms with Crippen LogP contribution in [0.4, 0.5) is 0 Å². The third-order valence-electron chi connectivity index (χ3n) is 31.2. The molecule has 7 heterocycles. The monoisotopic (exact) mass is 1120 g/mol. The Bertz CT molecular complexity index is 3050. The van der Waals surface area contributed by atoms with Crippen LogP contribution in [0.3, 0.4) is 0 Å². The van der Waals surface area contributed by atoms with Gasteiger partial charge in [0.15, 0.2) is 11.4 Å². The highest BCUT2D eigenvalue weighted by Crippen LogP contribution is 2.89. The van der Waals surface area contributed by atoms with Crippen molar-refractivity contribution >= 4 is 11.9 Å². The molecule has 6 spiro atoms. The van der Waals surface area contributed by atoms with E-state index < -0.39 is 16.4 Å². The van der Waals surface area contributed by atoms with Gasteiger partial charge in [-0.25, -0.2) is 4.79 Å². The highest BCUT2D eigenvalue weighted by atomic mass is 16.6. The quantitative estimate of drug-likeness (QED) is 0.214. The lowest BCUT2D eigenvalue weighted by Crippen LogP contribution is -2.78. The van der Waals surface area contributed by atoms with E-state index in [-0.39, 0.29) is 41.7 Å². The smallest absolute Gasteiger partial charge is 0.339 e. The van der Waals surface area contributed by atoms with E-state index in [1.54, 1.807) is 11.3 Å². The van der Waals surface area contributed by atoms with E-state index in [0.29, 0.717) is 94.2 Å². The van der Waals surface area contributed by atoms with Gasteiger partial charge in [-0.3, -0.25) is 9.69 Å². The minimum absolute atomic E-state index is 0.0968. The van der Waals surface area contributed by atoms with E-state index in [2.05, 4.69) is 40.2 Å². The number of hydrogen-bond donors (Lipinski definition) is 2. The molecule has 444 valence electrons. The Kier molecular flexibility index (Phi) is 11.3. The number of allylic oxidation sites excluding steroid dienone is 4. The van der Waals surface area contributed by atoms with Gasteiger partial charge in [-0.2, -0.15) is 0 Å². The molecule has 1 aromatic rings. The molecule has 1 aromatic carbocycles. The largest absolute Gasteiger partial charge is 0.508 e. The standard InChI is InChI=1S/C75H99N3O5/c76-35-12-19-46-18-11-20-57-61(46)68(80)83-75(57)60-39-47(44-14-3-1-4-15-44)21-22-48-37-56-55(45-16-5-2-6-17-45)38-49-23-25-58-50-36-51-43-78(58)65(49)62(56)53-27-34-73(75)67(82-69(81)74(60,73)63(48)53)66(79)54-24-26-59(51)77(42-50)64(54)52-40-71(30-9-10-31-71)72(41-52)33-13-32-70(72)28-7-8-29-70/h11,18,20-22,44-45,47-48,50-52,54-56,58-60,62,64,79H,1-10,12-17,19,23-43,76H2. The number of benzene rings is 1. The molecule has 17 atom stereocenters. The lowest BCUT2D eigenvalue weighted by molar-refractivity contribution is -0.282. The van der Waals surface area contributed by atoms with E-state index in [0.717, 1.165) is 74.1 Å². The summed E-state index contributed by atoms with van der Waals surface area (Å²) in [6.07, 6.45) is 49.0. The van der Waals surface area contributed by atoms with Crippen LogP contribution in [0.15, 0.2) is 64.3 Å². The molecule has 83 heavy (non-hydrogen) atoms. The second kappa shape index (κ2) is 18.1. The Morgan fingerprint density at radius 2 is 1.46 bits per heavy atom. The highest BCUT2D eigenvalue weighted by molar-refractivity contribution is 6.00. The Labute approximate surface area is 496 Å². The molecular weight excluding hydrogens is 1020 g/mol. The van der Waals surface area contributed by atoms with Crippen molar-refractivity contribution in [2.24, 2.45) is 104 Å². The maximum atomic E-state index is 17.2. The zero-order valence-electron chi connectivity index (χ0n) is 50.5. The number of esters is 2. The normalized spacial score (nSPS) is 46.7. The van der Waals surface area contributed by atoms with Crippen molar-refractivity contribution in [2.45, 2.75) is 248 Å². The summed E-state index contributed by atoms with van der Waals surface area (Å²) < 4.78 is 15.3. The van der Waals surface area contributed by atoms with Gasteiger partial charge in [0.25, 0.3) is 0 Å². The maximum Gasteiger partial charge on any atom is 0.339 e. The van der Waals surface area contributed by atoms with E-state index in [1.807, 2.05) is 5.57 Å². The van der Waals surface area contributed by atoms with E-state index in [9.17, 15) is 5.11 Å². The third-order valence-corrected chi connectivity index (χ3v) is 31.2. The van der Waals surface area contributed by atoms with Crippen molar-refractivity contribution in [1.82, 2.24) is 9.80 Å². The number of ether oxygens (including phenoxy) is 2. The van der Waals surface area contributed by atoms with Crippen LogP contribution in [0.25, 0.3) is 0 Å². The zero-order valence-corrected chi connectivity index (χ0v) is 50.5. The topological polar surface area (TPSA) is 105 Å². The SMILES string of the molecule is NCCCc1cccc2c1C(=O)OC21C2CC(C3CCCCC3)C=CC3CC4C5C6=C3C23C(=O)OC(=C(O)C2CCC7C8CC(CN7C2C2CC7(CCCC7)C7(CCCC79CCCC9)C2)C2CCC(=C5N2C8)CC4C2CCCCC2)C31CC6. The fourth-order valence-electron chi connectivity index (χ4n) is 29.0. The number of fused-ring (bicyclic) bond motifs is 10. The number of nitrogens with zero attached hydrogens (tertiary/aromatic N) is 2. The Morgan fingerprint density at radius 1 is 0.687 bits per heavy atom.